The first-order valence-corrected chi connectivity index (χ1v) is 9.26. The third-order valence-corrected chi connectivity index (χ3v) is 5.95. The molecule has 3 aromatic rings. The first-order chi connectivity index (χ1) is 12.0. The molecule has 2 atom stereocenters. The van der Waals surface area contributed by atoms with Crippen molar-refractivity contribution in [2.75, 3.05) is 20.1 Å². The molecule has 1 saturated heterocycles. The number of aromatic nitrogens is 3. The molecule has 1 aromatic carbocycles. The normalized spacial score (nSPS) is 21.9. The summed E-state index contributed by atoms with van der Waals surface area (Å²) in [6.07, 6.45) is 8.73. The lowest BCUT2D eigenvalue weighted by molar-refractivity contribution is 0.188. The zero-order valence-electron chi connectivity index (χ0n) is 15.7. The monoisotopic (exact) mass is 336 g/mol. The van der Waals surface area contributed by atoms with Crippen LogP contribution in [0.4, 0.5) is 0 Å². The van der Waals surface area contributed by atoms with Gasteiger partial charge in [0, 0.05) is 42.8 Å². The first-order valence-electron chi connectivity index (χ1n) is 9.26. The number of benzene rings is 1. The minimum absolute atomic E-state index is 0.558. The number of nitrogens with one attached hydrogen (secondary N) is 1. The maximum Gasteiger partial charge on any atom is 0.0525 e. The van der Waals surface area contributed by atoms with Crippen molar-refractivity contribution in [1.29, 1.82) is 0 Å². The van der Waals surface area contributed by atoms with Crippen LogP contribution in [0.25, 0.3) is 10.9 Å². The molecule has 0 spiro atoms. The predicted octanol–water partition coefficient (Wildman–Crippen LogP) is 3.80. The largest absolute Gasteiger partial charge is 0.361 e. The minimum atomic E-state index is 0.558. The Balaban J connectivity index is 1.70. The molecule has 0 aliphatic carbocycles. The van der Waals surface area contributed by atoms with Crippen molar-refractivity contribution in [2.45, 2.75) is 32.6 Å². The molecule has 1 aliphatic heterocycles. The van der Waals surface area contributed by atoms with E-state index in [0.29, 0.717) is 11.8 Å². The third-order valence-electron chi connectivity index (χ3n) is 5.95. The number of H-pyrrole nitrogens is 1. The number of fused-ring (bicyclic) bond motifs is 1. The van der Waals surface area contributed by atoms with Gasteiger partial charge in [-0.05, 0) is 74.5 Å². The van der Waals surface area contributed by atoms with Gasteiger partial charge >= 0.3 is 0 Å². The molecule has 0 bridgehead atoms. The van der Waals surface area contributed by atoms with E-state index in [1.54, 1.807) is 0 Å². The molecule has 0 amide bonds. The molecule has 25 heavy (non-hydrogen) atoms. The van der Waals surface area contributed by atoms with Crippen molar-refractivity contribution < 1.29 is 0 Å². The van der Waals surface area contributed by atoms with Gasteiger partial charge in [0.2, 0.25) is 0 Å². The Labute approximate surface area is 149 Å². The van der Waals surface area contributed by atoms with Gasteiger partial charge in [-0.15, -0.1) is 0 Å². The highest BCUT2D eigenvalue weighted by atomic mass is 15.2. The lowest BCUT2D eigenvalue weighted by Crippen LogP contribution is -2.37. The van der Waals surface area contributed by atoms with E-state index in [4.69, 9.17) is 0 Å². The first kappa shape index (κ1) is 16.4. The lowest BCUT2D eigenvalue weighted by Gasteiger charge is -2.37. The van der Waals surface area contributed by atoms with E-state index in [0.717, 1.165) is 13.0 Å². The van der Waals surface area contributed by atoms with Crippen LogP contribution in [0.3, 0.4) is 0 Å². The predicted molar refractivity (Wildman–Crippen MR) is 103 cm³/mol. The third kappa shape index (κ3) is 2.99. The van der Waals surface area contributed by atoms with E-state index in [1.807, 2.05) is 11.7 Å². The summed E-state index contributed by atoms with van der Waals surface area (Å²) >= 11 is 0. The number of likely N-dealkylation sites (N-methyl/N-ethyl adjacent to an activating group) is 1. The smallest absolute Gasteiger partial charge is 0.0525 e. The van der Waals surface area contributed by atoms with Crippen LogP contribution < -0.4 is 0 Å². The zero-order valence-corrected chi connectivity index (χ0v) is 15.7. The molecule has 1 N–H and O–H groups in total. The van der Waals surface area contributed by atoms with Crippen LogP contribution >= 0.6 is 0 Å². The molecule has 132 valence electrons. The van der Waals surface area contributed by atoms with Gasteiger partial charge in [0.1, 0.15) is 0 Å². The molecule has 1 fully saturated rings. The van der Waals surface area contributed by atoms with E-state index in [-0.39, 0.29) is 0 Å². The van der Waals surface area contributed by atoms with Crippen molar-refractivity contribution in [2.24, 2.45) is 13.0 Å². The topological polar surface area (TPSA) is 36.9 Å². The second kappa shape index (κ2) is 6.34. The van der Waals surface area contributed by atoms with Crippen molar-refractivity contribution in [1.82, 2.24) is 19.7 Å². The Morgan fingerprint density at radius 3 is 2.84 bits per heavy atom. The van der Waals surface area contributed by atoms with Crippen LogP contribution in [0.15, 0.2) is 30.7 Å². The highest BCUT2D eigenvalue weighted by Crippen LogP contribution is 2.36. The molecular formula is C21H28N4. The number of aryl methyl sites for hydroxylation is 3. The summed E-state index contributed by atoms with van der Waals surface area (Å²) in [4.78, 5) is 5.88. The Hall–Kier alpha value is -2.07. The summed E-state index contributed by atoms with van der Waals surface area (Å²) in [6, 6.07) is 4.58. The van der Waals surface area contributed by atoms with Gasteiger partial charge < -0.3 is 9.88 Å². The maximum absolute atomic E-state index is 4.42. The van der Waals surface area contributed by atoms with Crippen molar-refractivity contribution in [3.8, 4) is 0 Å². The number of rotatable bonds is 3. The molecule has 0 saturated carbocycles. The average Bonchev–Trinajstić information content (AvgIpc) is 3.22. The van der Waals surface area contributed by atoms with Crippen LogP contribution in [0.1, 0.15) is 34.6 Å². The fourth-order valence-corrected chi connectivity index (χ4v) is 4.59. The van der Waals surface area contributed by atoms with Crippen molar-refractivity contribution in [3.63, 3.8) is 0 Å². The zero-order chi connectivity index (χ0) is 17.6. The molecule has 4 heteroatoms. The molecular weight excluding hydrogens is 308 g/mol. The number of likely N-dealkylation sites (tertiary alicyclic amines) is 1. The van der Waals surface area contributed by atoms with Gasteiger partial charge in [-0.2, -0.15) is 5.10 Å². The van der Waals surface area contributed by atoms with Crippen LogP contribution in [-0.2, 0) is 13.5 Å². The van der Waals surface area contributed by atoms with Gasteiger partial charge in [0.15, 0.2) is 0 Å². The summed E-state index contributed by atoms with van der Waals surface area (Å²) < 4.78 is 1.93. The number of aromatic amines is 1. The molecule has 0 radical (unpaired) electrons. The number of nitrogens with zero attached hydrogens (tertiary/aromatic N) is 3. The second-order valence-corrected chi connectivity index (χ2v) is 7.82. The highest BCUT2D eigenvalue weighted by Gasteiger charge is 2.30. The van der Waals surface area contributed by atoms with Gasteiger partial charge in [-0.1, -0.05) is 6.07 Å². The summed E-state index contributed by atoms with van der Waals surface area (Å²) in [7, 11) is 4.25. The molecule has 4 nitrogen and oxygen atoms in total. The number of hydrogen-bond acceptors (Lipinski definition) is 2. The second-order valence-electron chi connectivity index (χ2n) is 7.82. The van der Waals surface area contributed by atoms with Crippen LogP contribution in [0.2, 0.25) is 0 Å². The van der Waals surface area contributed by atoms with Gasteiger partial charge in [0.05, 0.1) is 6.20 Å². The van der Waals surface area contributed by atoms with Gasteiger partial charge in [-0.3, -0.25) is 4.68 Å². The number of piperidine rings is 1. The minimum Gasteiger partial charge on any atom is -0.361 e. The SMILES string of the molecule is Cc1cc(C)c2[nH]ccc2c1CC1CCN(C)CC1c1cnn(C)c1. The molecule has 4 rings (SSSR count). The molecule has 2 unspecified atom stereocenters. The Kier molecular flexibility index (Phi) is 4.16. The van der Waals surface area contributed by atoms with E-state index in [2.05, 4.69) is 66.6 Å². The fraction of sp³-hybridized carbons (Fsp3) is 0.476. The number of hydrogen-bond donors (Lipinski definition) is 1. The summed E-state index contributed by atoms with van der Waals surface area (Å²) in [5.74, 6) is 1.22. The van der Waals surface area contributed by atoms with Gasteiger partial charge in [-0.25, -0.2) is 0 Å². The van der Waals surface area contributed by atoms with Crippen LogP contribution in [0, 0.1) is 19.8 Å². The maximum atomic E-state index is 4.42. The Bertz CT molecular complexity index is 889. The van der Waals surface area contributed by atoms with Crippen molar-refractivity contribution >= 4 is 10.9 Å². The summed E-state index contributed by atoms with van der Waals surface area (Å²) in [6.45, 7) is 6.77. The summed E-state index contributed by atoms with van der Waals surface area (Å²) in [5.41, 5.74) is 6.97. The van der Waals surface area contributed by atoms with Crippen molar-refractivity contribution in [3.05, 3.63) is 53.0 Å². The van der Waals surface area contributed by atoms with Gasteiger partial charge in [0.25, 0.3) is 0 Å². The lowest BCUT2D eigenvalue weighted by atomic mass is 9.77. The molecule has 3 heterocycles. The molecule has 2 aromatic heterocycles. The Morgan fingerprint density at radius 1 is 1.24 bits per heavy atom. The van der Waals surface area contributed by atoms with E-state index in [9.17, 15) is 0 Å². The van der Waals surface area contributed by atoms with E-state index < -0.39 is 0 Å². The fourth-order valence-electron chi connectivity index (χ4n) is 4.59. The Morgan fingerprint density at radius 2 is 2.08 bits per heavy atom. The van der Waals surface area contributed by atoms with Crippen LogP contribution in [0.5, 0.6) is 0 Å². The van der Waals surface area contributed by atoms with Crippen LogP contribution in [-0.4, -0.2) is 39.8 Å². The highest BCUT2D eigenvalue weighted by molar-refractivity contribution is 5.87. The average molecular weight is 336 g/mol. The summed E-state index contributed by atoms with van der Waals surface area (Å²) in [5, 5.41) is 5.83. The standard InChI is InChI=1S/C21H28N4/c1-14-9-15(2)21-18(5-7-22-21)19(14)10-16-6-8-24(3)13-20(16)17-11-23-25(4)12-17/h5,7,9,11-12,16,20,22H,6,8,10,13H2,1-4H3. The van der Waals surface area contributed by atoms with E-state index >= 15 is 0 Å². The molecule has 1 aliphatic rings. The van der Waals surface area contributed by atoms with E-state index in [1.165, 1.54) is 46.1 Å². The quantitative estimate of drug-likeness (QED) is 0.790.